The largest absolute Gasteiger partial charge is 0.398 e. The highest BCUT2D eigenvalue weighted by atomic mass is 35.5. The predicted octanol–water partition coefficient (Wildman–Crippen LogP) is 2.51. The number of hydrogen-bond acceptors (Lipinski definition) is 4. The van der Waals surface area contributed by atoms with Crippen molar-refractivity contribution in [1.82, 2.24) is 4.90 Å². The third-order valence-corrected chi connectivity index (χ3v) is 3.61. The van der Waals surface area contributed by atoms with Gasteiger partial charge in [0.05, 0.1) is 6.54 Å². The van der Waals surface area contributed by atoms with Crippen LogP contribution in [0.4, 0.5) is 10.5 Å². The molecule has 0 radical (unpaired) electrons. The molecule has 1 saturated heterocycles. The number of nitrogen functional groups attached to an aromatic ring is 1. The van der Waals surface area contributed by atoms with E-state index >= 15 is 0 Å². The molecule has 6 heteroatoms. The molecule has 1 heterocycles. The molecule has 1 aliphatic heterocycles. The molecule has 0 unspecified atom stereocenters. The number of nitrogens with zero attached hydrogens (tertiary/aromatic N) is 1. The van der Waals surface area contributed by atoms with Crippen LogP contribution in [-0.4, -0.2) is 21.8 Å². The number of halogens is 1. The van der Waals surface area contributed by atoms with Gasteiger partial charge in [-0.1, -0.05) is 23.4 Å². The third kappa shape index (κ3) is 2.73. The van der Waals surface area contributed by atoms with Gasteiger partial charge in [-0.2, -0.15) is 0 Å². The number of thioether (sulfide) groups is 1. The summed E-state index contributed by atoms with van der Waals surface area (Å²) < 4.78 is 0. The van der Waals surface area contributed by atoms with Crippen molar-refractivity contribution in [2.45, 2.75) is 13.0 Å². The maximum Gasteiger partial charge on any atom is 0.288 e. The van der Waals surface area contributed by atoms with Crippen LogP contribution < -0.4 is 5.73 Å². The fourth-order valence-electron chi connectivity index (χ4n) is 1.57. The highest BCUT2D eigenvalue weighted by Crippen LogP contribution is 2.24. The second kappa shape index (κ2) is 4.98. The molecule has 2 rings (SSSR count). The highest BCUT2D eigenvalue weighted by molar-refractivity contribution is 8.13. The first-order chi connectivity index (χ1) is 8.08. The molecule has 4 nitrogen and oxygen atoms in total. The van der Waals surface area contributed by atoms with E-state index < -0.39 is 0 Å². The Morgan fingerprint density at radius 2 is 2.18 bits per heavy atom. The standard InChI is InChI=1S/C11H11ClN2O2S/c12-8-1-2-9(13)7(5-8)6-14-10(15)3-4-17-11(14)16/h1-2,5H,3-4,6,13H2. The van der Waals surface area contributed by atoms with Gasteiger partial charge in [-0.25, -0.2) is 0 Å². The Balaban J connectivity index is 2.21. The number of rotatable bonds is 2. The number of carbonyl (C=O) groups excluding carboxylic acids is 2. The Labute approximate surface area is 108 Å². The van der Waals surface area contributed by atoms with Gasteiger partial charge in [-0.05, 0) is 23.8 Å². The van der Waals surface area contributed by atoms with Gasteiger partial charge in [0, 0.05) is 22.9 Å². The van der Waals surface area contributed by atoms with E-state index in [-0.39, 0.29) is 17.7 Å². The van der Waals surface area contributed by atoms with Crippen molar-refractivity contribution in [3.63, 3.8) is 0 Å². The second-order valence-electron chi connectivity index (χ2n) is 3.69. The first kappa shape index (κ1) is 12.3. The van der Waals surface area contributed by atoms with E-state index in [2.05, 4.69) is 0 Å². The summed E-state index contributed by atoms with van der Waals surface area (Å²) in [6.45, 7) is 0.192. The normalized spacial score (nSPS) is 16.4. The molecule has 0 spiro atoms. The molecule has 2 amide bonds. The Morgan fingerprint density at radius 3 is 2.88 bits per heavy atom. The summed E-state index contributed by atoms with van der Waals surface area (Å²) in [7, 11) is 0. The minimum Gasteiger partial charge on any atom is -0.398 e. The number of carbonyl (C=O) groups is 2. The molecule has 1 aromatic rings. The molecular formula is C11H11ClN2O2S. The van der Waals surface area contributed by atoms with Crippen molar-refractivity contribution >= 4 is 40.2 Å². The van der Waals surface area contributed by atoms with Gasteiger partial charge in [0.2, 0.25) is 5.91 Å². The third-order valence-electron chi connectivity index (χ3n) is 2.50. The molecule has 0 aliphatic carbocycles. The Bertz CT molecular complexity index is 463. The summed E-state index contributed by atoms with van der Waals surface area (Å²) in [5.41, 5.74) is 7.01. The number of imide groups is 1. The fourth-order valence-corrected chi connectivity index (χ4v) is 2.54. The summed E-state index contributed by atoms with van der Waals surface area (Å²) >= 11 is 7.01. The van der Waals surface area contributed by atoms with Crippen molar-refractivity contribution in [2.24, 2.45) is 0 Å². The number of amides is 2. The topological polar surface area (TPSA) is 63.4 Å². The van der Waals surface area contributed by atoms with Crippen LogP contribution in [0.1, 0.15) is 12.0 Å². The first-order valence-corrected chi connectivity index (χ1v) is 6.45. The van der Waals surface area contributed by atoms with Gasteiger partial charge in [0.1, 0.15) is 0 Å². The molecule has 0 atom stereocenters. The number of anilines is 1. The van der Waals surface area contributed by atoms with Gasteiger partial charge >= 0.3 is 0 Å². The van der Waals surface area contributed by atoms with Crippen LogP contribution >= 0.6 is 23.4 Å². The average Bonchev–Trinajstić information content (AvgIpc) is 2.28. The van der Waals surface area contributed by atoms with Crippen molar-refractivity contribution in [3.05, 3.63) is 28.8 Å². The number of nitrogens with two attached hydrogens (primary N) is 1. The molecule has 1 aromatic carbocycles. The fraction of sp³-hybridized carbons (Fsp3) is 0.273. The van der Waals surface area contributed by atoms with Gasteiger partial charge in [-0.15, -0.1) is 0 Å². The summed E-state index contributed by atoms with van der Waals surface area (Å²) in [4.78, 5) is 24.4. The predicted molar refractivity (Wildman–Crippen MR) is 68.9 cm³/mol. The van der Waals surface area contributed by atoms with E-state index in [1.54, 1.807) is 18.2 Å². The van der Waals surface area contributed by atoms with Crippen molar-refractivity contribution < 1.29 is 9.59 Å². The summed E-state index contributed by atoms with van der Waals surface area (Å²) in [6, 6.07) is 5.02. The quantitative estimate of drug-likeness (QED) is 0.839. The summed E-state index contributed by atoms with van der Waals surface area (Å²) in [5.74, 6) is 0.396. The molecule has 0 aromatic heterocycles. The lowest BCUT2D eigenvalue weighted by Crippen LogP contribution is -2.37. The molecule has 90 valence electrons. The molecule has 1 fully saturated rings. The number of benzene rings is 1. The van der Waals surface area contributed by atoms with Crippen molar-refractivity contribution in [1.29, 1.82) is 0 Å². The lowest BCUT2D eigenvalue weighted by Gasteiger charge is -2.24. The molecule has 1 aliphatic rings. The van der Waals surface area contributed by atoms with Crippen molar-refractivity contribution in [3.8, 4) is 0 Å². The van der Waals surface area contributed by atoms with Crippen LogP contribution in [-0.2, 0) is 11.3 Å². The maximum atomic E-state index is 11.6. The smallest absolute Gasteiger partial charge is 0.288 e. The Morgan fingerprint density at radius 1 is 1.41 bits per heavy atom. The lowest BCUT2D eigenvalue weighted by molar-refractivity contribution is -0.128. The lowest BCUT2D eigenvalue weighted by atomic mass is 10.1. The van der Waals surface area contributed by atoms with Crippen LogP contribution in [0.5, 0.6) is 0 Å². The van der Waals surface area contributed by atoms with Crippen LogP contribution in [0.3, 0.4) is 0 Å². The molecular weight excluding hydrogens is 260 g/mol. The van der Waals surface area contributed by atoms with Crippen LogP contribution in [0.2, 0.25) is 5.02 Å². The van der Waals surface area contributed by atoms with Gasteiger partial charge in [-0.3, -0.25) is 14.5 Å². The van der Waals surface area contributed by atoms with E-state index in [4.69, 9.17) is 17.3 Å². The molecule has 17 heavy (non-hydrogen) atoms. The zero-order valence-electron chi connectivity index (χ0n) is 8.98. The maximum absolute atomic E-state index is 11.6. The van der Waals surface area contributed by atoms with Gasteiger partial charge < -0.3 is 5.73 Å². The zero-order valence-corrected chi connectivity index (χ0v) is 10.6. The van der Waals surface area contributed by atoms with E-state index in [0.29, 0.717) is 28.4 Å². The highest BCUT2D eigenvalue weighted by Gasteiger charge is 2.27. The minimum absolute atomic E-state index is 0.159. The Kier molecular flexibility index (Phi) is 3.59. The van der Waals surface area contributed by atoms with E-state index in [1.807, 2.05) is 0 Å². The monoisotopic (exact) mass is 270 g/mol. The van der Waals surface area contributed by atoms with Crippen LogP contribution in [0, 0.1) is 0 Å². The minimum atomic E-state index is -0.222. The van der Waals surface area contributed by atoms with E-state index in [0.717, 1.165) is 11.8 Å². The average molecular weight is 271 g/mol. The SMILES string of the molecule is Nc1ccc(Cl)cc1CN1C(=O)CCSC1=O. The Hall–Kier alpha value is -1.20. The number of hydrogen-bond donors (Lipinski definition) is 1. The van der Waals surface area contributed by atoms with E-state index in [1.165, 1.54) is 4.90 Å². The molecule has 0 bridgehead atoms. The second-order valence-corrected chi connectivity index (χ2v) is 5.17. The van der Waals surface area contributed by atoms with Crippen molar-refractivity contribution in [2.75, 3.05) is 11.5 Å². The zero-order chi connectivity index (χ0) is 12.4. The molecule has 2 N–H and O–H groups in total. The van der Waals surface area contributed by atoms with Gasteiger partial charge in [0.15, 0.2) is 0 Å². The first-order valence-electron chi connectivity index (χ1n) is 5.09. The van der Waals surface area contributed by atoms with Crippen LogP contribution in [0.15, 0.2) is 18.2 Å². The van der Waals surface area contributed by atoms with Gasteiger partial charge in [0.25, 0.3) is 5.24 Å². The summed E-state index contributed by atoms with van der Waals surface area (Å²) in [6.07, 6.45) is 0.386. The van der Waals surface area contributed by atoms with E-state index in [9.17, 15) is 9.59 Å². The molecule has 0 saturated carbocycles. The summed E-state index contributed by atoms with van der Waals surface area (Å²) in [5, 5.41) is 0.319. The van der Waals surface area contributed by atoms with Crippen LogP contribution in [0.25, 0.3) is 0 Å².